The Balaban J connectivity index is 2.28. The fourth-order valence-corrected chi connectivity index (χ4v) is 1.83. The average Bonchev–Trinajstić information content (AvgIpc) is 2.87. The predicted molar refractivity (Wildman–Crippen MR) is 71.6 cm³/mol. The van der Waals surface area contributed by atoms with Gasteiger partial charge in [-0.05, 0) is 12.1 Å². The number of benzene rings is 1. The molecule has 88 valence electrons. The number of nitrogens with two attached hydrogens (primary N) is 1. The molecular weight excluding hydrogens is 226 g/mol. The van der Waals surface area contributed by atoms with Crippen molar-refractivity contribution in [1.82, 2.24) is 19.5 Å². The Morgan fingerprint density at radius 1 is 1.22 bits per heavy atom. The zero-order valence-electron chi connectivity index (χ0n) is 9.61. The van der Waals surface area contributed by atoms with Crippen molar-refractivity contribution in [3.8, 4) is 11.6 Å². The minimum Gasteiger partial charge on any atom is -0.383 e. The number of hydrogen-bond donors (Lipinski definition) is 1. The zero-order chi connectivity index (χ0) is 12.5. The molecule has 0 radical (unpaired) electrons. The third kappa shape index (κ3) is 1.53. The Labute approximate surface area is 104 Å². The van der Waals surface area contributed by atoms with Crippen LogP contribution in [0, 0.1) is 0 Å². The molecule has 3 aromatic rings. The van der Waals surface area contributed by atoms with Gasteiger partial charge in [-0.1, -0.05) is 18.7 Å². The summed E-state index contributed by atoms with van der Waals surface area (Å²) in [6, 6.07) is 7.62. The first-order valence-electron chi connectivity index (χ1n) is 5.47. The minimum atomic E-state index is 0.453. The number of hydrogen-bond acceptors (Lipinski definition) is 4. The lowest BCUT2D eigenvalue weighted by Crippen LogP contribution is -2.00. The molecule has 2 aromatic heterocycles. The van der Waals surface area contributed by atoms with Crippen molar-refractivity contribution in [2.24, 2.45) is 0 Å². The number of rotatable bonds is 2. The fraction of sp³-hybridized carbons (Fsp3) is 0. The number of para-hydroxylation sites is 1. The lowest BCUT2D eigenvalue weighted by molar-refractivity contribution is 1.09. The molecule has 5 heteroatoms. The van der Waals surface area contributed by atoms with Gasteiger partial charge in [-0.15, -0.1) is 0 Å². The van der Waals surface area contributed by atoms with Crippen LogP contribution < -0.4 is 5.73 Å². The number of nitrogens with zero attached hydrogens (tertiary/aromatic N) is 4. The summed E-state index contributed by atoms with van der Waals surface area (Å²) in [4.78, 5) is 13.0. The standard InChI is InChI=1S/C13H11N5/c1-2-18-8-7-15-13(18)12-16-10-6-4-3-5-9(10)11(14)17-12/h2-8H,1H2,(H2,14,16,17). The fourth-order valence-electron chi connectivity index (χ4n) is 1.83. The monoisotopic (exact) mass is 237 g/mol. The van der Waals surface area contributed by atoms with Gasteiger partial charge in [0.05, 0.1) is 5.52 Å². The van der Waals surface area contributed by atoms with Crippen molar-refractivity contribution in [1.29, 1.82) is 0 Å². The Morgan fingerprint density at radius 3 is 2.89 bits per heavy atom. The van der Waals surface area contributed by atoms with E-state index in [2.05, 4.69) is 21.5 Å². The van der Waals surface area contributed by atoms with E-state index in [0.29, 0.717) is 17.5 Å². The van der Waals surface area contributed by atoms with Crippen molar-refractivity contribution < 1.29 is 0 Å². The predicted octanol–water partition coefficient (Wildman–Crippen LogP) is 2.18. The van der Waals surface area contributed by atoms with Gasteiger partial charge in [-0.3, -0.25) is 0 Å². The molecule has 0 fully saturated rings. The zero-order valence-corrected chi connectivity index (χ0v) is 9.61. The lowest BCUT2D eigenvalue weighted by atomic mass is 10.2. The first-order valence-corrected chi connectivity index (χ1v) is 5.47. The van der Waals surface area contributed by atoms with Gasteiger partial charge in [0.25, 0.3) is 0 Å². The molecule has 0 saturated heterocycles. The molecule has 0 saturated carbocycles. The molecule has 0 aliphatic heterocycles. The summed E-state index contributed by atoms with van der Waals surface area (Å²) >= 11 is 0. The van der Waals surface area contributed by atoms with Gasteiger partial charge < -0.3 is 10.3 Å². The van der Waals surface area contributed by atoms with E-state index in [0.717, 1.165) is 10.9 Å². The van der Waals surface area contributed by atoms with Crippen LogP contribution in [0.5, 0.6) is 0 Å². The normalized spacial score (nSPS) is 10.7. The molecule has 2 N–H and O–H groups in total. The van der Waals surface area contributed by atoms with Crippen LogP contribution in [-0.2, 0) is 0 Å². The number of imidazole rings is 1. The van der Waals surface area contributed by atoms with E-state index >= 15 is 0 Å². The van der Waals surface area contributed by atoms with E-state index in [1.54, 1.807) is 23.2 Å². The molecular formula is C13H11N5. The molecule has 0 atom stereocenters. The smallest absolute Gasteiger partial charge is 0.198 e. The van der Waals surface area contributed by atoms with E-state index in [9.17, 15) is 0 Å². The van der Waals surface area contributed by atoms with Crippen LogP contribution >= 0.6 is 0 Å². The van der Waals surface area contributed by atoms with Crippen LogP contribution in [0.2, 0.25) is 0 Å². The van der Waals surface area contributed by atoms with Gasteiger partial charge in [0.2, 0.25) is 0 Å². The third-order valence-electron chi connectivity index (χ3n) is 2.70. The van der Waals surface area contributed by atoms with E-state index in [1.165, 1.54) is 0 Å². The van der Waals surface area contributed by atoms with Crippen molar-refractivity contribution in [2.75, 3.05) is 5.73 Å². The van der Waals surface area contributed by atoms with Crippen molar-refractivity contribution in [2.45, 2.75) is 0 Å². The molecule has 2 heterocycles. The second-order valence-corrected chi connectivity index (χ2v) is 3.79. The Bertz CT molecular complexity index is 729. The molecule has 1 aromatic carbocycles. The SMILES string of the molecule is C=Cn1ccnc1-c1nc(N)c2ccccc2n1. The summed E-state index contributed by atoms with van der Waals surface area (Å²) in [5, 5.41) is 0.845. The highest BCUT2D eigenvalue weighted by Gasteiger charge is 2.10. The van der Waals surface area contributed by atoms with Gasteiger partial charge in [0, 0.05) is 24.0 Å². The van der Waals surface area contributed by atoms with Gasteiger partial charge in [-0.2, -0.15) is 0 Å². The van der Waals surface area contributed by atoms with Crippen molar-refractivity contribution >= 4 is 22.9 Å². The van der Waals surface area contributed by atoms with Gasteiger partial charge >= 0.3 is 0 Å². The highest BCUT2D eigenvalue weighted by atomic mass is 15.1. The lowest BCUT2D eigenvalue weighted by Gasteiger charge is -2.05. The largest absolute Gasteiger partial charge is 0.383 e. The van der Waals surface area contributed by atoms with E-state index < -0.39 is 0 Å². The summed E-state index contributed by atoms with van der Waals surface area (Å²) in [7, 11) is 0. The Hall–Kier alpha value is -2.69. The molecule has 0 amide bonds. The quantitative estimate of drug-likeness (QED) is 0.741. The summed E-state index contributed by atoms with van der Waals surface area (Å²) in [6.45, 7) is 3.71. The van der Waals surface area contributed by atoms with Crippen LogP contribution in [0.3, 0.4) is 0 Å². The molecule has 5 nitrogen and oxygen atoms in total. The summed E-state index contributed by atoms with van der Waals surface area (Å²) < 4.78 is 1.75. The molecule has 0 bridgehead atoms. The maximum atomic E-state index is 5.94. The molecule has 0 aliphatic rings. The second-order valence-electron chi connectivity index (χ2n) is 3.79. The first-order chi connectivity index (χ1) is 8.79. The summed E-state index contributed by atoms with van der Waals surface area (Å²) in [5.74, 6) is 1.58. The molecule has 0 aliphatic carbocycles. The number of nitrogen functional groups attached to an aromatic ring is 1. The van der Waals surface area contributed by atoms with Crippen LogP contribution in [0.4, 0.5) is 5.82 Å². The molecule has 0 unspecified atom stereocenters. The average molecular weight is 237 g/mol. The number of fused-ring (bicyclic) bond motifs is 1. The maximum Gasteiger partial charge on any atom is 0.198 e. The number of aromatic nitrogens is 4. The van der Waals surface area contributed by atoms with Crippen LogP contribution in [0.15, 0.2) is 43.2 Å². The topological polar surface area (TPSA) is 69.6 Å². The van der Waals surface area contributed by atoms with E-state index in [4.69, 9.17) is 5.73 Å². The third-order valence-corrected chi connectivity index (χ3v) is 2.70. The molecule has 18 heavy (non-hydrogen) atoms. The van der Waals surface area contributed by atoms with Crippen LogP contribution in [0.25, 0.3) is 28.8 Å². The summed E-state index contributed by atoms with van der Waals surface area (Å²) in [6.07, 6.45) is 5.11. The van der Waals surface area contributed by atoms with Gasteiger partial charge in [-0.25, -0.2) is 15.0 Å². The molecule has 0 spiro atoms. The van der Waals surface area contributed by atoms with E-state index in [-0.39, 0.29) is 0 Å². The second kappa shape index (κ2) is 3.96. The van der Waals surface area contributed by atoms with Crippen LogP contribution in [-0.4, -0.2) is 19.5 Å². The minimum absolute atomic E-state index is 0.453. The van der Waals surface area contributed by atoms with Gasteiger partial charge in [0.1, 0.15) is 5.82 Å². The maximum absolute atomic E-state index is 5.94. The highest BCUT2D eigenvalue weighted by Crippen LogP contribution is 2.21. The Kier molecular flexibility index (Phi) is 2.30. The Morgan fingerprint density at radius 2 is 2.06 bits per heavy atom. The van der Waals surface area contributed by atoms with Crippen molar-refractivity contribution in [3.05, 3.63) is 43.2 Å². The van der Waals surface area contributed by atoms with E-state index in [1.807, 2.05) is 24.3 Å². The number of anilines is 1. The summed E-state index contributed by atoms with van der Waals surface area (Å²) in [5.41, 5.74) is 6.74. The van der Waals surface area contributed by atoms with Crippen molar-refractivity contribution in [3.63, 3.8) is 0 Å². The highest BCUT2D eigenvalue weighted by molar-refractivity contribution is 5.89. The molecule has 3 rings (SSSR count). The first kappa shape index (κ1) is 10.5. The van der Waals surface area contributed by atoms with Crippen LogP contribution in [0.1, 0.15) is 0 Å². The van der Waals surface area contributed by atoms with Gasteiger partial charge in [0.15, 0.2) is 11.6 Å².